The van der Waals surface area contributed by atoms with Crippen LogP contribution in [0.4, 0.5) is 0 Å². The zero-order valence-corrected chi connectivity index (χ0v) is 12.1. The van der Waals surface area contributed by atoms with E-state index in [1.54, 1.807) is 0 Å². The minimum atomic E-state index is 0.167. The Hall–Kier alpha value is -0.120. The fourth-order valence-corrected chi connectivity index (χ4v) is 2.87. The number of hydrogen-bond acceptors (Lipinski definition) is 3. The second-order valence-corrected chi connectivity index (χ2v) is 6.06. The van der Waals surface area contributed by atoms with Crippen LogP contribution in [-0.4, -0.2) is 39.0 Å². The molecule has 2 unspecified atom stereocenters. The first-order chi connectivity index (χ1) is 8.00. The van der Waals surface area contributed by atoms with E-state index < -0.39 is 0 Å². The molecule has 1 N–H and O–H groups in total. The third kappa shape index (κ3) is 4.23. The van der Waals surface area contributed by atoms with E-state index in [1.807, 2.05) is 7.11 Å². The number of hydrogen-bond donors (Lipinski definition) is 1. The van der Waals surface area contributed by atoms with Gasteiger partial charge in [0.2, 0.25) is 0 Å². The van der Waals surface area contributed by atoms with Crippen molar-refractivity contribution in [2.75, 3.05) is 26.9 Å². The molecule has 3 nitrogen and oxygen atoms in total. The van der Waals surface area contributed by atoms with Gasteiger partial charge in [-0.3, -0.25) is 0 Å². The molecule has 0 bridgehead atoms. The molecule has 1 aliphatic rings. The van der Waals surface area contributed by atoms with Crippen LogP contribution in [0.3, 0.4) is 0 Å². The summed E-state index contributed by atoms with van der Waals surface area (Å²) in [5.41, 5.74) is 0.167. The van der Waals surface area contributed by atoms with E-state index in [0.717, 1.165) is 32.6 Å². The molecule has 3 heteroatoms. The second kappa shape index (κ2) is 6.72. The summed E-state index contributed by atoms with van der Waals surface area (Å²) in [6.07, 6.45) is 2.55. The molecule has 0 spiro atoms. The summed E-state index contributed by atoms with van der Waals surface area (Å²) >= 11 is 0. The third-order valence-corrected chi connectivity index (χ3v) is 3.65. The average Bonchev–Trinajstić information content (AvgIpc) is 2.28. The molecule has 0 radical (unpaired) electrons. The predicted octanol–water partition coefficient (Wildman–Crippen LogP) is 2.45. The van der Waals surface area contributed by atoms with Gasteiger partial charge in [0.05, 0.1) is 6.10 Å². The first kappa shape index (κ1) is 14.9. The van der Waals surface area contributed by atoms with Crippen molar-refractivity contribution in [1.82, 2.24) is 5.32 Å². The van der Waals surface area contributed by atoms with E-state index in [2.05, 4.69) is 33.0 Å². The Bertz CT molecular complexity index is 207. The Morgan fingerprint density at radius 2 is 1.88 bits per heavy atom. The SMILES string of the molecule is CCNC(C1CCOCC1)C(OC)C(C)(C)C. The van der Waals surface area contributed by atoms with Gasteiger partial charge in [-0.2, -0.15) is 0 Å². The van der Waals surface area contributed by atoms with Gasteiger partial charge in [-0.05, 0) is 30.7 Å². The summed E-state index contributed by atoms with van der Waals surface area (Å²) in [7, 11) is 1.83. The molecule has 0 aromatic rings. The molecule has 0 aromatic heterocycles. The molecule has 1 rings (SSSR count). The largest absolute Gasteiger partial charge is 0.381 e. The van der Waals surface area contributed by atoms with Crippen molar-refractivity contribution in [3.8, 4) is 0 Å². The third-order valence-electron chi connectivity index (χ3n) is 3.65. The lowest BCUT2D eigenvalue weighted by atomic mass is 9.77. The molecule has 17 heavy (non-hydrogen) atoms. The Labute approximate surface area is 106 Å². The molecule has 1 aliphatic heterocycles. The lowest BCUT2D eigenvalue weighted by Crippen LogP contribution is -2.52. The highest BCUT2D eigenvalue weighted by Gasteiger charge is 2.37. The highest BCUT2D eigenvalue weighted by atomic mass is 16.5. The smallest absolute Gasteiger partial charge is 0.0775 e. The Morgan fingerprint density at radius 1 is 1.29 bits per heavy atom. The zero-order valence-electron chi connectivity index (χ0n) is 12.1. The van der Waals surface area contributed by atoms with Crippen molar-refractivity contribution < 1.29 is 9.47 Å². The van der Waals surface area contributed by atoms with Crippen LogP contribution >= 0.6 is 0 Å². The van der Waals surface area contributed by atoms with Gasteiger partial charge in [-0.15, -0.1) is 0 Å². The molecule has 1 saturated heterocycles. The molecular weight excluding hydrogens is 214 g/mol. The van der Waals surface area contributed by atoms with Gasteiger partial charge in [0.15, 0.2) is 0 Å². The van der Waals surface area contributed by atoms with Crippen molar-refractivity contribution >= 4 is 0 Å². The van der Waals surface area contributed by atoms with Crippen molar-refractivity contribution in [3.05, 3.63) is 0 Å². The number of rotatable bonds is 5. The lowest BCUT2D eigenvalue weighted by Gasteiger charge is -2.41. The van der Waals surface area contributed by atoms with Crippen LogP contribution in [0.2, 0.25) is 0 Å². The molecule has 0 aliphatic carbocycles. The highest BCUT2D eigenvalue weighted by molar-refractivity contribution is 4.91. The van der Waals surface area contributed by atoms with Crippen LogP contribution < -0.4 is 5.32 Å². The minimum Gasteiger partial charge on any atom is -0.381 e. The number of ether oxygens (including phenoxy) is 2. The molecule has 2 atom stereocenters. The molecule has 1 fully saturated rings. The molecular formula is C14H29NO2. The van der Waals surface area contributed by atoms with Crippen molar-refractivity contribution in [2.24, 2.45) is 11.3 Å². The van der Waals surface area contributed by atoms with Crippen LogP contribution in [-0.2, 0) is 9.47 Å². The van der Waals surface area contributed by atoms with E-state index in [-0.39, 0.29) is 11.5 Å². The monoisotopic (exact) mass is 243 g/mol. The van der Waals surface area contributed by atoms with Gasteiger partial charge in [0.25, 0.3) is 0 Å². The minimum absolute atomic E-state index is 0.167. The summed E-state index contributed by atoms with van der Waals surface area (Å²) in [6.45, 7) is 11.7. The average molecular weight is 243 g/mol. The van der Waals surface area contributed by atoms with Crippen LogP contribution in [0, 0.1) is 11.3 Å². The standard InChI is InChI=1S/C14H29NO2/c1-6-15-12(11-7-9-17-10-8-11)13(16-5)14(2,3)4/h11-13,15H,6-10H2,1-5H3. The van der Waals surface area contributed by atoms with Crippen molar-refractivity contribution in [2.45, 2.75) is 52.7 Å². The molecule has 1 heterocycles. The number of likely N-dealkylation sites (N-methyl/N-ethyl adjacent to an activating group) is 1. The lowest BCUT2D eigenvalue weighted by molar-refractivity contribution is -0.0447. The summed E-state index contributed by atoms with van der Waals surface area (Å²) in [5.74, 6) is 0.674. The van der Waals surface area contributed by atoms with Crippen molar-refractivity contribution in [3.63, 3.8) is 0 Å². The van der Waals surface area contributed by atoms with Gasteiger partial charge in [-0.1, -0.05) is 27.7 Å². The molecule has 0 amide bonds. The van der Waals surface area contributed by atoms with Crippen LogP contribution in [0.1, 0.15) is 40.5 Å². The highest BCUT2D eigenvalue weighted by Crippen LogP contribution is 2.31. The summed E-state index contributed by atoms with van der Waals surface area (Å²) < 4.78 is 11.2. The first-order valence-electron chi connectivity index (χ1n) is 6.84. The molecule has 0 aromatic carbocycles. The van der Waals surface area contributed by atoms with Gasteiger partial charge in [-0.25, -0.2) is 0 Å². The predicted molar refractivity (Wildman–Crippen MR) is 71.3 cm³/mol. The maximum atomic E-state index is 5.78. The van der Waals surface area contributed by atoms with Crippen LogP contribution in [0.25, 0.3) is 0 Å². The van der Waals surface area contributed by atoms with Gasteiger partial charge in [0, 0.05) is 26.4 Å². The normalized spacial score (nSPS) is 22.4. The van der Waals surface area contributed by atoms with Crippen molar-refractivity contribution in [1.29, 1.82) is 0 Å². The zero-order chi connectivity index (χ0) is 12.9. The van der Waals surface area contributed by atoms with E-state index in [1.165, 1.54) is 0 Å². The number of methoxy groups -OCH3 is 1. The van der Waals surface area contributed by atoms with Crippen LogP contribution in [0.15, 0.2) is 0 Å². The summed E-state index contributed by atoms with van der Waals surface area (Å²) in [5, 5.41) is 3.63. The van der Waals surface area contributed by atoms with Gasteiger partial charge in [0.1, 0.15) is 0 Å². The second-order valence-electron chi connectivity index (χ2n) is 6.06. The van der Waals surface area contributed by atoms with Crippen LogP contribution in [0.5, 0.6) is 0 Å². The Balaban J connectivity index is 2.74. The first-order valence-corrected chi connectivity index (χ1v) is 6.84. The maximum absolute atomic E-state index is 5.78. The van der Waals surface area contributed by atoms with E-state index in [9.17, 15) is 0 Å². The van der Waals surface area contributed by atoms with Gasteiger partial charge >= 0.3 is 0 Å². The topological polar surface area (TPSA) is 30.5 Å². The fourth-order valence-electron chi connectivity index (χ4n) is 2.87. The van der Waals surface area contributed by atoms with E-state index >= 15 is 0 Å². The maximum Gasteiger partial charge on any atom is 0.0775 e. The summed E-state index contributed by atoms with van der Waals surface area (Å²) in [4.78, 5) is 0. The fraction of sp³-hybridized carbons (Fsp3) is 1.00. The summed E-state index contributed by atoms with van der Waals surface area (Å²) in [6, 6.07) is 0.439. The molecule has 102 valence electrons. The molecule has 0 saturated carbocycles. The van der Waals surface area contributed by atoms with Gasteiger partial charge < -0.3 is 14.8 Å². The number of nitrogens with one attached hydrogen (secondary N) is 1. The Kier molecular flexibility index (Phi) is 5.90. The quantitative estimate of drug-likeness (QED) is 0.804. The van der Waals surface area contributed by atoms with E-state index in [4.69, 9.17) is 9.47 Å². The Morgan fingerprint density at radius 3 is 2.29 bits per heavy atom. The van der Waals surface area contributed by atoms with E-state index in [0.29, 0.717) is 12.0 Å².